The minimum Gasteiger partial charge on any atom is -0.504 e. The monoisotopic (exact) mass is 289 g/mol. The lowest BCUT2D eigenvalue weighted by Gasteiger charge is -2.10. The number of para-hydroxylation sites is 2. The lowest BCUT2D eigenvalue weighted by molar-refractivity contribution is -0.137. The van der Waals surface area contributed by atoms with Crippen molar-refractivity contribution in [2.24, 2.45) is 0 Å². The van der Waals surface area contributed by atoms with Crippen molar-refractivity contribution in [3.8, 4) is 17.4 Å². The van der Waals surface area contributed by atoms with Crippen molar-refractivity contribution in [1.82, 2.24) is 4.98 Å². The Morgan fingerprint density at radius 3 is 2.47 bits per heavy atom. The van der Waals surface area contributed by atoms with Crippen LogP contribution in [0.1, 0.15) is 5.56 Å². The molecule has 1 N–H and O–H groups in total. The van der Waals surface area contributed by atoms with Crippen molar-refractivity contribution in [2.75, 3.05) is 0 Å². The molecular formula is C12H7ClF3NO2. The molecule has 0 aliphatic heterocycles. The molecule has 0 spiro atoms. The van der Waals surface area contributed by atoms with Gasteiger partial charge in [-0.05, 0) is 18.2 Å². The SMILES string of the molecule is Oc1ccccc1Oc1ncc(C(F)(F)F)cc1Cl. The lowest BCUT2D eigenvalue weighted by Crippen LogP contribution is -2.05. The van der Waals surface area contributed by atoms with Crippen LogP contribution in [0.15, 0.2) is 36.5 Å². The fraction of sp³-hybridized carbons (Fsp3) is 0.0833. The maximum Gasteiger partial charge on any atom is 0.417 e. The van der Waals surface area contributed by atoms with Gasteiger partial charge < -0.3 is 9.84 Å². The van der Waals surface area contributed by atoms with Crippen molar-refractivity contribution in [3.05, 3.63) is 47.1 Å². The highest BCUT2D eigenvalue weighted by atomic mass is 35.5. The van der Waals surface area contributed by atoms with E-state index in [1.165, 1.54) is 12.1 Å². The Labute approximate surface area is 111 Å². The maximum absolute atomic E-state index is 12.4. The second-order valence-electron chi connectivity index (χ2n) is 3.58. The van der Waals surface area contributed by atoms with Crippen LogP contribution in [0.3, 0.4) is 0 Å². The Morgan fingerprint density at radius 1 is 1.21 bits per heavy atom. The molecule has 1 aromatic heterocycles. The van der Waals surface area contributed by atoms with Crippen molar-refractivity contribution in [3.63, 3.8) is 0 Å². The molecule has 3 nitrogen and oxygen atoms in total. The first kappa shape index (κ1) is 13.5. The fourth-order valence-corrected chi connectivity index (χ4v) is 1.51. The van der Waals surface area contributed by atoms with Crippen molar-refractivity contribution >= 4 is 11.6 Å². The van der Waals surface area contributed by atoms with Crippen molar-refractivity contribution in [2.45, 2.75) is 6.18 Å². The predicted molar refractivity (Wildman–Crippen MR) is 62.4 cm³/mol. The van der Waals surface area contributed by atoms with Crippen LogP contribution in [-0.2, 0) is 6.18 Å². The molecular weight excluding hydrogens is 283 g/mol. The van der Waals surface area contributed by atoms with Gasteiger partial charge in [-0.3, -0.25) is 0 Å². The quantitative estimate of drug-likeness (QED) is 0.898. The van der Waals surface area contributed by atoms with E-state index >= 15 is 0 Å². The average molecular weight is 290 g/mol. The zero-order valence-electron chi connectivity index (χ0n) is 9.28. The molecule has 2 rings (SSSR count). The van der Waals surface area contributed by atoms with Crippen LogP contribution in [0.25, 0.3) is 0 Å². The molecule has 19 heavy (non-hydrogen) atoms. The second-order valence-corrected chi connectivity index (χ2v) is 3.99. The fourth-order valence-electron chi connectivity index (χ4n) is 1.30. The summed E-state index contributed by atoms with van der Waals surface area (Å²) in [5.41, 5.74) is -0.970. The first-order valence-corrected chi connectivity index (χ1v) is 5.44. The third-order valence-corrected chi connectivity index (χ3v) is 2.48. The predicted octanol–water partition coefficient (Wildman–Crippen LogP) is 4.25. The number of benzene rings is 1. The molecule has 0 fully saturated rings. The van der Waals surface area contributed by atoms with E-state index in [0.29, 0.717) is 12.3 Å². The molecule has 0 radical (unpaired) electrons. The number of alkyl halides is 3. The van der Waals surface area contributed by atoms with Crippen LogP contribution < -0.4 is 4.74 Å². The summed E-state index contributed by atoms with van der Waals surface area (Å²) in [5.74, 6) is -0.326. The summed E-state index contributed by atoms with van der Waals surface area (Å²) in [6.45, 7) is 0. The number of ether oxygens (including phenoxy) is 1. The molecule has 0 atom stereocenters. The van der Waals surface area contributed by atoms with E-state index in [1.54, 1.807) is 12.1 Å². The van der Waals surface area contributed by atoms with Crippen molar-refractivity contribution < 1.29 is 23.0 Å². The van der Waals surface area contributed by atoms with Gasteiger partial charge in [-0.1, -0.05) is 23.7 Å². The topological polar surface area (TPSA) is 42.4 Å². The number of halogens is 4. The highest BCUT2D eigenvalue weighted by Gasteiger charge is 2.31. The van der Waals surface area contributed by atoms with Gasteiger partial charge in [0.25, 0.3) is 0 Å². The van der Waals surface area contributed by atoms with Gasteiger partial charge in [-0.15, -0.1) is 0 Å². The Hall–Kier alpha value is -1.95. The third kappa shape index (κ3) is 3.08. The number of nitrogens with zero attached hydrogens (tertiary/aromatic N) is 1. The molecule has 0 amide bonds. The largest absolute Gasteiger partial charge is 0.504 e. The van der Waals surface area contributed by atoms with Crippen LogP contribution in [0.4, 0.5) is 13.2 Å². The number of rotatable bonds is 2. The van der Waals surface area contributed by atoms with Gasteiger partial charge in [0.1, 0.15) is 5.02 Å². The van der Waals surface area contributed by atoms with E-state index in [9.17, 15) is 18.3 Å². The highest BCUT2D eigenvalue weighted by molar-refractivity contribution is 6.31. The number of pyridine rings is 1. The summed E-state index contributed by atoms with van der Waals surface area (Å²) >= 11 is 5.67. The van der Waals surface area contributed by atoms with Crippen LogP contribution >= 0.6 is 11.6 Å². The molecule has 0 aliphatic rings. The Bertz CT molecular complexity index is 602. The molecule has 0 bridgehead atoms. The summed E-state index contributed by atoms with van der Waals surface area (Å²) in [7, 11) is 0. The van der Waals surface area contributed by atoms with E-state index in [0.717, 1.165) is 0 Å². The van der Waals surface area contributed by atoms with Gasteiger partial charge in [0, 0.05) is 6.20 Å². The smallest absolute Gasteiger partial charge is 0.417 e. The van der Waals surface area contributed by atoms with Crippen molar-refractivity contribution in [1.29, 1.82) is 0 Å². The molecule has 7 heteroatoms. The number of phenolic OH excluding ortho intramolecular Hbond substituents is 1. The zero-order valence-corrected chi connectivity index (χ0v) is 10.0. The van der Waals surface area contributed by atoms with E-state index < -0.39 is 11.7 Å². The number of hydrogen-bond acceptors (Lipinski definition) is 3. The zero-order chi connectivity index (χ0) is 14.0. The summed E-state index contributed by atoms with van der Waals surface area (Å²) < 4.78 is 42.4. The minimum absolute atomic E-state index is 0.0525. The first-order valence-electron chi connectivity index (χ1n) is 5.06. The molecule has 1 aromatic carbocycles. The molecule has 0 aliphatic carbocycles. The number of phenols is 1. The Morgan fingerprint density at radius 2 is 1.89 bits per heavy atom. The van der Waals surface area contributed by atoms with Gasteiger partial charge in [-0.2, -0.15) is 13.2 Å². The molecule has 100 valence electrons. The number of hydrogen-bond donors (Lipinski definition) is 1. The standard InChI is InChI=1S/C12H7ClF3NO2/c13-8-5-7(12(14,15)16)6-17-11(8)19-10-4-2-1-3-9(10)18/h1-6,18H. The first-order chi connectivity index (χ1) is 8.88. The summed E-state index contributed by atoms with van der Waals surface area (Å²) in [4.78, 5) is 3.50. The number of aromatic hydroxyl groups is 1. The van der Waals surface area contributed by atoms with Gasteiger partial charge in [0.15, 0.2) is 11.5 Å². The van der Waals surface area contributed by atoms with E-state index in [2.05, 4.69) is 4.98 Å². The van der Waals surface area contributed by atoms with Crippen LogP contribution in [0.2, 0.25) is 5.02 Å². The lowest BCUT2D eigenvalue weighted by atomic mass is 10.3. The highest BCUT2D eigenvalue weighted by Crippen LogP contribution is 2.36. The second kappa shape index (κ2) is 4.97. The van der Waals surface area contributed by atoms with Gasteiger partial charge >= 0.3 is 6.18 Å². The number of aromatic nitrogens is 1. The molecule has 0 unspecified atom stereocenters. The van der Waals surface area contributed by atoms with Crippen LogP contribution in [0, 0.1) is 0 Å². The molecule has 0 saturated carbocycles. The maximum atomic E-state index is 12.4. The van der Waals surface area contributed by atoms with Crippen LogP contribution in [-0.4, -0.2) is 10.1 Å². The van der Waals surface area contributed by atoms with E-state index in [-0.39, 0.29) is 22.4 Å². The van der Waals surface area contributed by atoms with E-state index in [1.807, 2.05) is 0 Å². The third-order valence-electron chi connectivity index (χ3n) is 2.21. The summed E-state index contributed by atoms with van der Waals surface area (Å²) in [5, 5.41) is 9.18. The van der Waals surface area contributed by atoms with Gasteiger partial charge in [0.2, 0.25) is 5.88 Å². The molecule has 1 heterocycles. The Balaban J connectivity index is 2.30. The molecule has 0 saturated heterocycles. The normalized spacial score (nSPS) is 11.4. The minimum atomic E-state index is -4.52. The molecule has 2 aromatic rings. The summed E-state index contributed by atoms with van der Waals surface area (Å²) in [6, 6.07) is 6.68. The summed E-state index contributed by atoms with van der Waals surface area (Å²) in [6.07, 6.45) is -3.91. The van der Waals surface area contributed by atoms with Crippen LogP contribution in [0.5, 0.6) is 17.4 Å². The average Bonchev–Trinajstić information content (AvgIpc) is 2.33. The van der Waals surface area contributed by atoms with Gasteiger partial charge in [-0.25, -0.2) is 4.98 Å². The van der Waals surface area contributed by atoms with E-state index in [4.69, 9.17) is 16.3 Å². The van der Waals surface area contributed by atoms with Gasteiger partial charge in [0.05, 0.1) is 5.56 Å². The Kier molecular flexibility index (Phi) is 3.53.